The van der Waals surface area contributed by atoms with Crippen LogP contribution in [0.3, 0.4) is 0 Å². The summed E-state index contributed by atoms with van der Waals surface area (Å²) >= 11 is 1.97. The second-order valence-corrected chi connectivity index (χ2v) is 4.10. The first-order valence-electron chi connectivity index (χ1n) is 4.03. The molecule has 0 N–H and O–H groups in total. The molecule has 1 heterocycles. The van der Waals surface area contributed by atoms with E-state index in [1.165, 1.54) is 17.1 Å². The van der Waals surface area contributed by atoms with Crippen molar-refractivity contribution in [2.75, 3.05) is 11.5 Å². The molecular formula is C10H10OS. The first-order chi connectivity index (χ1) is 5.90. The lowest BCUT2D eigenvalue weighted by Gasteiger charge is -2.25. The Hall–Kier alpha value is -0.760. The molecule has 0 aromatic heterocycles. The van der Waals surface area contributed by atoms with Crippen molar-refractivity contribution < 1.29 is 4.79 Å². The van der Waals surface area contributed by atoms with Crippen molar-refractivity contribution in [3.63, 3.8) is 0 Å². The Labute approximate surface area is 76.2 Å². The van der Waals surface area contributed by atoms with Crippen molar-refractivity contribution in [3.05, 3.63) is 35.4 Å². The van der Waals surface area contributed by atoms with E-state index >= 15 is 0 Å². The topological polar surface area (TPSA) is 17.1 Å². The molecule has 62 valence electrons. The van der Waals surface area contributed by atoms with Gasteiger partial charge >= 0.3 is 0 Å². The van der Waals surface area contributed by atoms with Gasteiger partial charge in [-0.15, -0.1) is 0 Å². The van der Waals surface area contributed by atoms with E-state index in [1.54, 1.807) is 0 Å². The molecule has 1 nitrogen and oxygen atoms in total. The minimum Gasteiger partial charge on any atom is -0.298 e. The van der Waals surface area contributed by atoms with Gasteiger partial charge in [-0.3, -0.25) is 4.79 Å². The molecule has 0 bridgehead atoms. The minimum atomic E-state index is 0.690. The van der Waals surface area contributed by atoms with Gasteiger partial charge in [0.05, 0.1) is 0 Å². The van der Waals surface area contributed by atoms with Crippen LogP contribution in [-0.4, -0.2) is 17.8 Å². The van der Waals surface area contributed by atoms with Gasteiger partial charge in [-0.25, -0.2) is 0 Å². The number of hydrogen-bond donors (Lipinski definition) is 0. The zero-order valence-corrected chi connectivity index (χ0v) is 7.51. The first kappa shape index (κ1) is 7.87. The molecule has 1 fully saturated rings. The summed E-state index contributed by atoms with van der Waals surface area (Å²) < 4.78 is 0. The summed E-state index contributed by atoms with van der Waals surface area (Å²) in [6.45, 7) is 0. The lowest BCUT2D eigenvalue weighted by molar-refractivity contribution is 0.112. The number of hydrogen-bond acceptors (Lipinski definition) is 2. The average molecular weight is 178 g/mol. The molecule has 1 aliphatic heterocycles. The zero-order chi connectivity index (χ0) is 8.39. The van der Waals surface area contributed by atoms with E-state index in [9.17, 15) is 4.79 Å². The third kappa shape index (κ3) is 1.39. The molecule has 0 radical (unpaired) electrons. The van der Waals surface area contributed by atoms with Crippen molar-refractivity contribution in [2.45, 2.75) is 5.92 Å². The van der Waals surface area contributed by atoms with Crippen LogP contribution in [0, 0.1) is 0 Å². The molecule has 0 amide bonds. The molecule has 0 atom stereocenters. The number of thioether (sulfide) groups is 1. The fourth-order valence-corrected chi connectivity index (χ4v) is 2.17. The van der Waals surface area contributed by atoms with Crippen LogP contribution in [0.5, 0.6) is 0 Å². The molecule has 0 unspecified atom stereocenters. The van der Waals surface area contributed by atoms with Gasteiger partial charge < -0.3 is 0 Å². The van der Waals surface area contributed by atoms with Gasteiger partial charge in [-0.2, -0.15) is 11.8 Å². The maximum atomic E-state index is 10.5. The molecule has 2 heteroatoms. The highest BCUT2D eigenvalue weighted by atomic mass is 32.2. The van der Waals surface area contributed by atoms with Crippen LogP contribution in [0.1, 0.15) is 21.8 Å². The lowest BCUT2D eigenvalue weighted by Crippen LogP contribution is -2.15. The number of carbonyl (C=O) groups excluding carboxylic acids is 1. The van der Waals surface area contributed by atoms with Crippen molar-refractivity contribution in [1.82, 2.24) is 0 Å². The summed E-state index contributed by atoms with van der Waals surface area (Å²) in [5.41, 5.74) is 2.11. The smallest absolute Gasteiger partial charge is 0.150 e. The van der Waals surface area contributed by atoms with Crippen molar-refractivity contribution in [2.24, 2.45) is 0 Å². The maximum Gasteiger partial charge on any atom is 0.150 e. The molecule has 0 spiro atoms. The second kappa shape index (κ2) is 3.31. The molecule has 1 aliphatic rings. The highest BCUT2D eigenvalue weighted by molar-refractivity contribution is 8.00. The van der Waals surface area contributed by atoms with Gasteiger partial charge in [0, 0.05) is 23.0 Å². The van der Waals surface area contributed by atoms with Gasteiger partial charge in [0.25, 0.3) is 0 Å². The fourth-order valence-electron chi connectivity index (χ4n) is 1.31. The predicted molar refractivity (Wildman–Crippen MR) is 51.9 cm³/mol. The Bertz CT molecular complexity index is 292. The van der Waals surface area contributed by atoms with Gasteiger partial charge in [0.2, 0.25) is 0 Å². The van der Waals surface area contributed by atoms with Crippen molar-refractivity contribution in [3.8, 4) is 0 Å². The highest BCUT2D eigenvalue weighted by Gasteiger charge is 2.19. The molecule has 2 rings (SSSR count). The summed E-state index contributed by atoms with van der Waals surface area (Å²) in [4.78, 5) is 10.5. The van der Waals surface area contributed by atoms with Crippen LogP contribution >= 0.6 is 11.8 Å². The number of aldehydes is 1. The van der Waals surface area contributed by atoms with Gasteiger partial charge in [-0.1, -0.05) is 18.2 Å². The number of rotatable bonds is 2. The monoisotopic (exact) mass is 178 g/mol. The van der Waals surface area contributed by atoms with E-state index in [4.69, 9.17) is 0 Å². The zero-order valence-electron chi connectivity index (χ0n) is 6.69. The largest absolute Gasteiger partial charge is 0.298 e. The molecule has 1 saturated heterocycles. The quantitative estimate of drug-likeness (QED) is 0.646. The van der Waals surface area contributed by atoms with E-state index in [1.807, 2.05) is 30.0 Å². The minimum absolute atomic E-state index is 0.690. The summed E-state index contributed by atoms with van der Waals surface area (Å²) in [5.74, 6) is 3.11. The Morgan fingerprint density at radius 3 is 2.83 bits per heavy atom. The Morgan fingerprint density at radius 1 is 1.42 bits per heavy atom. The van der Waals surface area contributed by atoms with Gasteiger partial charge in [-0.05, 0) is 11.6 Å². The molecule has 1 aromatic carbocycles. The third-order valence-corrected chi connectivity index (χ3v) is 3.43. The standard InChI is InChI=1S/C10H10OS/c11-5-8-2-1-3-9(4-8)10-6-12-7-10/h1-5,10H,6-7H2. The van der Waals surface area contributed by atoms with Crippen LogP contribution in [0.4, 0.5) is 0 Å². The molecule has 0 saturated carbocycles. The highest BCUT2D eigenvalue weighted by Crippen LogP contribution is 2.33. The van der Waals surface area contributed by atoms with E-state index in [0.29, 0.717) is 5.92 Å². The lowest BCUT2D eigenvalue weighted by atomic mass is 10.0. The Balaban J connectivity index is 2.25. The maximum absolute atomic E-state index is 10.5. The summed E-state index contributed by atoms with van der Waals surface area (Å²) in [7, 11) is 0. The van der Waals surface area contributed by atoms with Gasteiger partial charge in [0.1, 0.15) is 6.29 Å². The SMILES string of the molecule is O=Cc1cccc(C2CSC2)c1. The van der Waals surface area contributed by atoms with Gasteiger partial charge in [0.15, 0.2) is 0 Å². The third-order valence-electron chi connectivity index (χ3n) is 2.16. The number of carbonyl (C=O) groups is 1. The normalized spacial score (nSPS) is 17.0. The summed E-state index contributed by atoms with van der Waals surface area (Å²) in [6, 6.07) is 7.92. The van der Waals surface area contributed by atoms with E-state index in [2.05, 4.69) is 6.07 Å². The molecule has 12 heavy (non-hydrogen) atoms. The summed E-state index contributed by atoms with van der Waals surface area (Å²) in [5, 5.41) is 0. The fraction of sp³-hybridized carbons (Fsp3) is 0.300. The van der Waals surface area contributed by atoms with Crippen LogP contribution in [0.2, 0.25) is 0 Å². The Morgan fingerprint density at radius 2 is 2.25 bits per heavy atom. The average Bonchev–Trinajstić information content (AvgIpc) is 2.02. The molecule has 0 aliphatic carbocycles. The van der Waals surface area contributed by atoms with Crippen LogP contribution < -0.4 is 0 Å². The van der Waals surface area contributed by atoms with E-state index in [-0.39, 0.29) is 0 Å². The predicted octanol–water partition coefficient (Wildman–Crippen LogP) is 2.33. The van der Waals surface area contributed by atoms with Crippen LogP contribution in [-0.2, 0) is 0 Å². The van der Waals surface area contributed by atoms with Crippen LogP contribution in [0.25, 0.3) is 0 Å². The number of benzene rings is 1. The second-order valence-electron chi connectivity index (χ2n) is 3.02. The van der Waals surface area contributed by atoms with Crippen molar-refractivity contribution in [1.29, 1.82) is 0 Å². The molecule has 1 aromatic rings. The first-order valence-corrected chi connectivity index (χ1v) is 5.18. The Kier molecular flexibility index (Phi) is 2.17. The molecular weight excluding hydrogens is 168 g/mol. The van der Waals surface area contributed by atoms with E-state index in [0.717, 1.165) is 11.8 Å². The summed E-state index contributed by atoms with van der Waals surface area (Å²) in [6.07, 6.45) is 0.912. The van der Waals surface area contributed by atoms with Crippen LogP contribution in [0.15, 0.2) is 24.3 Å². The van der Waals surface area contributed by atoms with E-state index < -0.39 is 0 Å². The van der Waals surface area contributed by atoms with Crippen molar-refractivity contribution >= 4 is 18.0 Å².